The number of carbonyl (C=O) groups is 1. The highest BCUT2D eigenvalue weighted by Gasteiger charge is 2.25. The molecule has 0 aliphatic rings. The Morgan fingerprint density at radius 2 is 1.96 bits per heavy atom. The summed E-state index contributed by atoms with van der Waals surface area (Å²) < 4.78 is 24.3. The number of nitrogens with one attached hydrogen (secondary N) is 2. The van der Waals surface area contributed by atoms with Gasteiger partial charge in [0.2, 0.25) is 0 Å². The lowest BCUT2D eigenvalue weighted by Gasteiger charge is -2.21. The number of hydrogen-bond acceptors (Lipinski definition) is 5. The number of carbonyl (C=O) groups excluding carboxylic acids is 1. The van der Waals surface area contributed by atoms with Crippen LogP contribution in [0.25, 0.3) is 11.0 Å². The number of ether oxygens (including phenoxy) is 1. The van der Waals surface area contributed by atoms with Gasteiger partial charge < -0.3 is 19.8 Å². The van der Waals surface area contributed by atoms with Crippen LogP contribution < -0.4 is 15.4 Å². The van der Waals surface area contributed by atoms with Gasteiger partial charge in [0.05, 0.1) is 31.2 Å². The quantitative estimate of drug-likeness (QED) is 0.701. The standard InChI is InChI=1S/C19H21FN4O3/c1-10(2)16(17-11(3)14-7-12(20)5-6-15(14)27-17)24-18(25)23-13-8-21-19(26-4)22-9-13/h5-10,16H,1-4H3,(H2,23,24,25). The van der Waals surface area contributed by atoms with Crippen molar-refractivity contribution < 1.29 is 18.3 Å². The van der Waals surface area contributed by atoms with Crippen LogP contribution in [0.5, 0.6) is 6.01 Å². The van der Waals surface area contributed by atoms with Crippen molar-refractivity contribution in [2.45, 2.75) is 26.8 Å². The van der Waals surface area contributed by atoms with Crippen LogP contribution in [0, 0.1) is 18.7 Å². The van der Waals surface area contributed by atoms with Crippen LogP contribution in [-0.2, 0) is 0 Å². The van der Waals surface area contributed by atoms with E-state index in [9.17, 15) is 9.18 Å². The van der Waals surface area contributed by atoms with Gasteiger partial charge in [-0.25, -0.2) is 19.2 Å². The third kappa shape index (κ3) is 3.99. The van der Waals surface area contributed by atoms with E-state index in [1.807, 2.05) is 20.8 Å². The molecule has 0 fully saturated rings. The van der Waals surface area contributed by atoms with E-state index in [-0.39, 0.29) is 23.8 Å². The molecule has 2 N–H and O–H groups in total. The predicted octanol–water partition coefficient (Wildman–Crippen LogP) is 4.20. The van der Waals surface area contributed by atoms with Gasteiger partial charge in [-0.05, 0) is 31.0 Å². The summed E-state index contributed by atoms with van der Waals surface area (Å²) in [5.41, 5.74) is 1.82. The Morgan fingerprint density at radius 1 is 1.26 bits per heavy atom. The number of fused-ring (bicyclic) bond motifs is 1. The van der Waals surface area contributed by atoms with Crippen molar-refractivity contribution in [3.8, 4) is 6.01 Å². The summed E-state index contributed by atoms with van der Waals surface area (Å²) in [6, 6.07) is 3.78. The van der Waals surface area contributed by atoms with Crippen LogP contribution in [0.15, 0.2) is 35.0 Å². The molecule has 0 saturated heterocycles. The van der Waals surface area contributed by atoms with Gasteiger partial charge in [0, 0.05) is 10.9 Å². The summed E-state index contributed by atoms with van der Waals surface area (Å²) in [6.07, 6.45) is 2.90. The molecule has 2 aromatic heterocycles. The molecule has 0 aliphatic carbocycles. The molecule has 2 amide bonds. The molecule has 142 valence electrons. The number of benzene rings is 1. The van der Waals surface area contributed by atoms with Gasteiger partial charge in [-0.2, -0.15) is 0 Å². The molecule has 1 aromatic carbocycles. The Kier molecular flexibility index (Phi) is 5.25. The smallest absolute Gasteiger partial charge is 0.319 e. The minimum Gasteiger partial charge on any atom is -0.467 e. The predicted molar refractivity (Wildman–Crippen MR) is 99.2 cm³/mol. The first-order valence-electron chi connectivity index (χ1n) is 8.51. The van der Waals surface area contributed by atoms with Crippen molar-refractivity contribution in [3.05, 3.63) is 47.7 Å². The Balaban J connectivity index is 1.81. The topological polar surface area (TPSA) is 89.3 Å². The van der Waals surface area contributed by atoms with E-state index in [2.05, 4.69) is 20.6 Å². The number of aromatic nitrogens is 2. The van der Waals surface area contributed by atoms with Gasteiger partial charge >= 0.3 is 12.0 Å². The lowest BCUT2D eigenvalue weighted by molar-refractivity contribution is 0.241. The van der Waals surface area contributed by atoms with E-state index in [4.69, 9.17) is 9.15 Å². The summed E-state index contributed by atoms with van der Waals surface area (Å²) in [6.45, 7) is 5.79. The molecule has 3 rings (SSSR count). The van der Waals surface area contributed by atoms with Gasteiger partial charge in [-0.3, -0.25) is 0 Å². The van der Waals surface area contributed by atoms with Crippen LogP contribution in [0.3, 0.4) is 0 Å². The van der Waals surface area contributed by atoms with Crippen molar-refractivity contribution in [1.29, 1.82) is 0 Å². The average molecular weight is 372 g/mol. The van der Waals surface area contributed by atoms with E-state index in [1.54, 1.807) is 6.07 Å². The van der Waals surface area contributed by atoms with E-state index in [0.717, 1.165) is 5.56 Å². The zero-order valence-electron chi connectivity index (χ0n) is 15.5. The molecule has 7 nitrogen and oxygen atoms in total. The molecule has 0 bridgehead atoms. The average Bonchev–Trinajstić information content (AvgIpc) is 2.96. The van der Waals surface area contributed by atoms with Crippen molar-refractivity contribution in [1.82, 2.24) is 15.3 Å². The zero-order valence-corrected chi connectivity index (χ0v) is 15.5. The second kappa shape index (κ2) is 7.61. The third-order valence-corrected chi connectivity index (χ3v) is 4.24. The van der Waals surface area contributed by atoms with E-state index >= 15 is 0 Å². The van der Waals surface area contributed by atoms with Crippen LogP contribution in [-0.4, -0.2) is 23.1 Å². The maximum absolute atomic E-state index is 13.5. The first-order chi connectivity index (χ1) is 12.9. The number of urea groups is 1. The molecule has 0 radical (unpaired) electrons. The summed E-state index contributed by atoms with van der Waals surface area (Å²) in [5, 5.41) is 6.28. The Hall–Kier alpha value is -3.16. The third-order valence-electron chi connectivity index (χ3n) is 4.24. The Morgan fingerprint density at radius 3 is 2.59 bits per heavy atom. The van der Waals surface area contributed by atoms with Crippen molar-refractivity contribution >= 4 is 22.7 Å². The highest BCUT2D eigenvalue weighted by molar-refractivity contribution is 5.89. The molecule has 8 heteroatoms. The number of rotatable bonds is 5. The number of halogens is 1. The highest BCUT2D eigenvalue weighted by Crippen LogP contribution is 2.33. The van der Waals surface area contributed by atoms with Gasteiger partial charge in [-0.1, -0.05) is 13.8 Å². The number of methoxy groups -OCH3 is 1. The second-order valence-corrected chi connectivity index (χ2v) is 6.51. The largest absolute Gasteiger partial charge is 0.467 e. The monoisotopic (exact) mass is 372 g/mol. The highest BCUT2D eigenvalue weighted by atomic mass is 19.1. The summed E-state index contributed by atoms with van der Waals surface area (Å²) in [7, 11) is 1.46. The fourth-order valence-corrected chi connectivity index (χ4v) is 2.84. The Bertz CT molecular complexity index is 953. The molecule has 1 unspecified atom stereocenters. The maximum Gasteiger partial charge on any atom is 0.319 e. The van der Waals surface area contributed by atoms with Crippen LogP contribution in [0.1, 0.15) is 31.2 Å². The normalized spacial score (nSPS) is 12.2. The van der Waals surface area contributed by atoms with Gasteiger partial charge in [0.1, 0.15) is 17.2 Å². The van der Waals surface area contributed by atoms with E-state index in [0.29, 0.717) is 22.4 Å². The number of amides is 2. The first kappa shape index (κ1) is 18.6. The van der Waals surface area contributed by atoms with E-state index < -0.39 is 6.03 Å². The zero-order chi connectivity index (χ0) is 19.6. The molecular formula is C19H21FN4O3. The Labute approximate surface area is 155 Å². The maximum atomic E-state index is 13.5. The van der Waals surface area contributed by atoms with Crippen LogP contribution in [0.4, 0.5) is 14.9 Å². The fraction of sp³-hybridized carbons (Fsp3) is 0.316. The SMILES string of the molecule is COc1ncc(NC(=O)NC(c2oc3ccc(F)cc3c2C)C(C)C)cn1. The summed E-state index contributed by atoms with van der Waals surface area (Å²) in [5.74, 6) is 0.322. The van der Waals surface area contributed by atoms with Crippen LogP contribution in [0.2, 0.25) is 0 Å². The molecule has 0 aliphatic heterocycles. The lowest BCUT2D eigenvalue weighted by Crippen LogP contribution is -2.35. The van der Waals surface area contributed by atoms with Gasteiger partial charge in [0.15, 0.2) is 0 Å². The summed E-state index contributed by atoms with van der Waals surface area (Å²) in [4.78, 5) is 20.3. The number of furan rings is 1. The number of aryl methyl sites for hydroxylation is 1. The minimum absolute atomic E-state index is 0.0481. The van der Waals surface area contributed by atoms with Crippen molar-refractivity contribution in [3.63, 3.8) is 0 Å². The molecular weight excluding hydrogens is 351 g/mol. The number of anilines is 1. The van der Waals surface area contributed by atoms with Gasteiger partial charge in [-0.15, -0.1) is 0 Å². The molecule has 1 atom stereocenters. The second-order valence-electron chi connectivity index (χ2n) is 6.51. The first-order valence-corrected chi connectivity index (χ1v) is 8.51. The number of hydrogen-bond donors (Lipinski definition) is 2. The number of nitrogens with zero attached hydrogens (tertiary/aromatic N) is 2. The molecule has 0 saturated carbocycles. The lowest BCUT2D eigenvalue weighted by atomic mass is 9.98. The summed E-state index contributed by atoms with van der Waals surface area (Å²) >= 11 is 0. The fourth-order valence-electron chi connectivity index (χ4n) is 2.84. The van der Waals surface area contributed by atoms with Crippen molar-refractivity contribution in [2.24, 2.45) is 5.92 Å². The molecule has 0 spiro atoms. The van der Waals surface area contributed by atoms with E-state index in [1.165, 1.54) is 31.6 Å². The minimum atomic E-state index is -0.423. The van der Waals surface area contributed by atoms with Crippen LogP contribution >= 0.6 is 0 Å². The van der Waals surface area contributed by atoms with Gasteiger partial charge in [0.25, 0.3) is 0 Å². The molecule has 2 heterocycles. The molecule has 3 aromatic rings. The van der Waals surface area contributed by atoms with Crippen molar-refractivity contribution in [2.75, 3.05) is 12.4 Å². The molecule has 27 heavy (non-hydrogen) atoms.